The van der Waals surface area contributed by atoms with Crippen molar-refractivity contribution in [3.05, 3.63) is 53.6 Å². The Hall–Kier alpha value is -2.62. The summed E-state index contributed by atoms with van der Waals surface area (Å²) >= 11 is 0. The number of hydrogen-bond acceptors (Lipinski definition) is 4. The number of allylic oxidation sites excluding steroid dienone is 1. The molecule has 0 aliphatic carbocycles. The van der Waals surface area contributed by atoms with Gasteiger partial charge in [0.05, 0.1) is 27.9 Å². The summed E-state index contributed by atoms with van der Waals surface area (Å²) in [7, 11) is 4.93. The van der Waals surface area contributed by atoms with Crippen LogP contribution in [0, 0.1) is 0 Å². The zero-order valence-corrected chi connectivity index (χ0v) is 15.6. The van der Waals surface area contributed by atoms with E-state index in [2.05, 4.69) is 13.0 Å². The Kier molecular flexibility index (Phi) is 6.75. The molecule has 0 fully saturated rings. The van der Waals surface area contributed by atoms with Crippen molar-refractivity contribution in [2.24, 2.45) is 0 Å². The van der Waals surface area contributed by atoms with Crippen LogP contribution in [-0.4, -0.2) is 27.9 Å². The van der Waals surface area contributed by atoms with E-state index >= 15 is 0 Å². The van der Waals surface area contributed by atoms with Crippen LogP contribution >= 0.6 is 0 Å². The first kappa shape index (κ1) is 18.7. The highest BCUT2D eigenvalue weighted by atomic mass is 16.5. The van der Waals surface area contributed by atoms with Gasteiger partial charge in [0, 0.05) is 0 Å². The van der Waals surface area contributed by atoms with Gasteiger partial charge in [0.15, 0.2) is 23.0 Å². The molecule has 0 amide bonds. The Morgan fingerprint density at radius 3 is 1.76 bits per heavy atom. The van der Waals surface area contributed by atoms with Gasteiger partial charge in [0.1, 0.15) is 0 Å². The third-order valence-corrected chi connectivity index (χ3v) is 3.88. The van der Waals surface area contributed by atoms with E-state index in [1.807, 2.05) is 43.3 Å². The zero-order valence-electron chi connectivity index (χ0n) is 15.6. The van der Waals surface area contributed by atoms with Crippen LogP contribution < -0.4 is 18.9 Å². The average Bonchev–Trinajstić information content (AvgIpc) is 2.65. The molecule has 0 N–H and O–H groups in total. The third kappa shape index (κ3) is 4.27. The second-order valence-corrected chi connectivity index (χ2v) is 5.39. The smallest absolute Gasteiger partial charge is 0.161 e. The SMILES string of the molecule is CCC=C(c1ccc(OC)c(OC)c1)c1ccc(OC)c(OCC)c1. The molecule has 0 aliphatic heterocycles. The predicted octanol–water partition coefficient (Wildman–Crippen LogP) is 4.95. The fraction of sp³-hybridized carbons (Fsp3) is 0.333. The molecule has 0 heterocycles. The maximum atomic E-state index is 5.72. The van der Waals surface area contributed by atoms with Crippen LogP contribution in [-0.2, 0) is 0 Å². The Labute approximate surface area is 150 Å². The monoisotopic (exact) mass is 342 g/mol. The van der Waals surface area contributed by atoms with Crippen LogP contribution in [0.4, 0.5) is 0 Å². The van der Waals surface area contributed by atoms with Gasteiger partial charge in [0.25, 0.3) is 0 Å². The van der Waals surface area contributed by atoms with Crippen LogP contribution in [0.5, 0.6) is 23.0 Å². The number of rotatable bonds is 8. The molecule has 2 aromatic rings. The van der Waals surface area contributed by atoms with E-state index in [1.54, 1.807) is 21.3 Å². The van der Waals surface area contributed by atoms with Gasteiger partial charge in [-0.2, -0.15) is 0 Å². The minimum atomic E-state index is 0.586. The molecule has 0 unspecified atom stereocenters. The fourth-order valence-corrected chi connectivity index (χ4v) is 2.72. The van der Waals surface area contributed by atoms with Gasteiger partial charge in [-0.3, -0.25) is 0 Å². The second-order valence-electron chi connectivity index (χ2n) is 5.39. The maximum absolute atomic E-state index is 5.72. The molecule has 0 aromatic heterocycles. The molecule has 134 valence electrons. The van der Waals surface area contributed by atoms with Crippen molar-refractivity contribution in [3.8, 4) is 23.0 Å². The maximum Gasteiger partial charge on any atom is 0.161 e. The lowest BCUT2D eigenvalue weighted by atomic mass is 9.96. The van der Waals surface area contributed by atoms with Crippen LogP contribution in [0.3, 0.4) is 0 Å². The Morgan fingerprint density at radius 2 is 1.28 bits per heavy atom. The lowest BCUT2D eigenvalue weighted by Crippen LogP contribution is -1.98. The van der Waals surface area contributed by atoms with E-state index in [0.29, 0.717) is 18.1 Å². The highest BCUT2D eigenvalue weighted by Gasteiger charge is 2.12. The molecule has 2 aromatic carbocycles. The molecule has 0 spiro atoms. The molecule has 0 saturated heterocycles. The van der Waals surface area contributed by atoms with E-state index < -0.39 is 0 Å². The highest BCUT2D eigenvalue weighted by molar-refractivity contribution is 5.81. The van der Waals surface area contributed by atoms with Crippen molar-refractivity contribution in [2.45, 2.75) is 20.3 Å². The molecule has 0 atom stereocenters. The van der Waals surface area contributed by atoms with Gasteiger partial charge < -0.3 is 18.9 Å². The Balaban J connectivity index is 2.52. The van der Waals surface area contributed by atoms with Crippen molar-refractivity contribution < 1.29 is 18.9 Å². The number of ether oxygens (including phenoxy) is 4. The number of hydrogen-bond donors (Lipinski definition) is 0. The summed E-state index contributed by atoms with van der Waals surface area (Å²) in [4.78, 5) is 0. The predicted molar refractivity (Wildman–Crippen MR) is 101 cm³/mol. The molecule has 0 radical (unpaired) electrons. The summed E-state index contributed by atoms with van der Waals surface area (Å²) in [6, 6.07) is 11.9. The molecule has 2 rings (SSSR count). The topological polar surface area (TPSA) is 36.9 Å². The molecular formula is C21H26O4. The molecule has 4 heteroatoms. The van der Waals surface area contributed by atoms with E-state index in [9.17, 15) is 0 Å². The van der Waals surface area contributed by atoms with Crippen LogP contribution in [0.25, 0.3) is 5.57 Å². The lowest BCUT2D eigenvalue weighted by Gasteiger charge is -2.15. The summed E-state index contributed by atoms with van der Waals surface area (Å²) in [6.07, 6.45) is 3.11. The van der Waals surface area contributed by atoms with E-state index in [0.717, 1.165) is 34.6 Å². The van der Waals surface area contributed by atoms with Crippen LogP contribution in [0.15, 0.2) is 42.5 Å². The van der Waals surface area contributed by atoms with Crippen molar-refractivity contribution in [3.63, 3.8) is 0 Å². The van der Waals surface area contributed by atoms with Crippen molar-refractivity contribution in [2.75, 3.05) is 27.9 Å². The van der Waals surface area contributed by atoms with Gasteiger partial charge in [-0.1, -0.05) is 25.1 Å². The van der Waals surface area contributed by atoms with E-state index in [4.69, 9.17) is 18.9 Å². The standard InChI is InChI=1S/C21H26O4/c1-6-8-17(15-9-11-18(22-3)20(13-15)24-5)16-10-12-19(23-4)21(14-16)25-7-2/h8-14H,6-7H2,1-5H3. The van der Waals surface area contributed by atoms with Gasteiger partial charge in [-0.15, -0.1) is 0 Å². The summed E-state index contributed by atoms with van der Waals surface area (Å²) in [5.41, 5.74) is 3.25. The average molecular weight is 342 g/mol. The minimum absolute atomic E-state index is 0.586. The van der Waals surface area contributed by atoms with Crippen LogP contribution in [0.2, 0.25) is 0 Å². The molecule has 0 saturated carbocycles. The normalized spacial score (nSPS) is 11.2. The number of methoxy groups -OCH3 is 3. The van der Waals surface area contributed by atoms with Gasteiger partial charge in [-0.25, -0.2) is 0 Å². The quantitative estimate of drug-likeness (QED) is 0.680. The van der Waals surface area contributed by atoms with Gasteiger partial charge in [0.2, 0.25) is 0 Å². The summed E-state index contributed by atoms with van der Waals surface area (Å²) < 4.78 is 21.9. The highest BCUT2D eigenvalue weighted by Crippen LogP contribution is 2.36. The Morgan fingerprint density at radius 1 is 0.760 bits per heavy atom. The third-order valence-electron chi connectivity index (χ3n) is 3.88. The summed E-state index contributed by atoms with van der Waals surface area (Å²) in [5, 5.41) is 0. The first-order valence-electron chi connectivity index (χ1n) is 8.42. The molecular weight excluding hydrogens is 316 g/mol. The molecule has 4 nitrogen and oxygen atoms in total. The Bertz CT molecular complexity index is 735. The van der Waals surface area contributed by atoms with E-state index in [-0.39, 0.29) is 0 Å². The second kappa shape index (κ2) is 9.02. The van der Waals surface area contributed by atoms with Crippen molar-refractivity contribution in [1.82, 2.24) is 0 Å². The molecule has 25 heavy (non-hydrogen) atoms. The number of benzene rings is 2. The first-order chi connectivity index (χ1) is 12.2. The molecule has 0 bridgehead atoms. The zero-order chi connectivity index (χ0) is 18.2. The van der Waals surface area contributed by atoms with Crippen molar-refractivity contribution >= 4 is 5.57 Å². The largest absolute Gasteiger partial charge is 0.493 e. The van der Waals surface area contributed by atoms with Crippen molar-refractivity contribution in [1.29, 1.82) is 0 Å². The summed E-state index contributed by atoms with van der Waals surface area (Å²) in [6.45, 7) is 4.67. The first-order valence-corrected chi connectivity index (χ1v) is 8.42. The van der Waals surface area contributed by atoms with Gasteiger partial charge >= 0.3 is 0 Å². The van der Waals surface area contributed by atoms with E-state index in [1.165, 1.54) is 0 Å². The minimum Gasteiger partial charge on any atom is -0.493 e. The van der Waals surface area contributed by atoms with Gasteiger partial charge in [-0.05, 0) is 54.3 Å². The van der Waals surface area contributed by atoms with Crippen LogP contribution in [0.1, 0.15) is 31.4 Å². The fourth-order valence-electron chi connectivity index (χ4n) is 2.72. The lowest BCUT2D eigenvalue weighted by molar-refractivity contribution is 0.311. The summed E-state index contributed by atoms with van der Waals surface area (Å²) in [5.74, 6) is 2.89. The molecule has 0 aliphatic rings.